The number of carbonyl (C=O) groups excluding carboxylic acids is 3. The number of fused-ring (bicyclic) bond motifs is 1. The van der Waals surface area contributed by atoms with Crippen molar-refractivity contribution in [3.63, 3.8) is 0 Å². The van der Waals surface area contributed by atoms with Crippen LogP contribution in [0.2, 0.25) is 0 Å². The third-order valence-corrected chi connectivity index (χ3v) is 8.75. The number of alkyl carbamates (subject to hydrolysis) is 1. The zero-order chi connectivity index (χ0) is 26.9. The molecule has 0 aromatic heterocycles. The molecule has 2 unspecified atom stereocenters. The monoisotopic (exact) mass is 529 g/mol. The second kappa shape index (κ2) is 10.3. The SMILES string of the molecule is CCOC(=O)NC(=O)C1N2C(=O)C(NC(c3ccccc3)(c3ccccc3)c3ccccc3)[C@H]2SC1(C)C. The average Bonchev–Trinajstić information content (AvgIpc) is 3.18. The summed E-state index contributed by atoms with van der Waals surface area (Å²) < 4.78 is 4.28. The van der Waals surface area contributed by atoms with Crippen molar-refractivity contribution >= 4 is 29.7 Å². The predicted octanol–water partition coefficient (Wildman–Crippen LogP) is 4.27. The Bertz CT molecular complexity index is 1220. The zero-order valence-electron chi connectivity index (χ0n) is 21.6. The van der Waals surface area contributed by atoms with Gasteiger partial charge in [-0.1, -0.05) is 91.0 Å². The van der Waals surface area contributed by atoms with E-state index in [-0.39, 0.29) is 17.9 Å². The van der Waals surface area contributed by atoms with Gasteiger partial charge in [-0.15, -0.1) is 11.8 Å². The highest BCUT2D eigenvalue weighted by molar-refractivity contribution is 8.01. The summed E-state index contributed by atoms with van der Waals surface area (Å²) in [5.41, 5.74) is 2.19. The Morgan fingerprint density at radius 3 is 1.82 bits per heavy atom. The Morgan fingerprint density at radius 2 is 1.37 bits per heavy atom. The highest BCUT2D eigenvalue weighted by Gasteiger charge is 2.65. The molecule has 2 aliphatic heterocycles. The molecule has 196 valence electrons. The van der Waals surface area contributed by atoms with Crippen LogP contribution in [-0.2, 0) is 19.9 Å². The van der Waals surface area contributed by atoms with Crippen LogP contribution >= 0.6 is 11.8 Å². The number of β-lactam (4-membered cyclic amide) rings is 1. The number of rotatable bonds is 7. The highest BCUT2D eigenvalue weighted by Crippen LogP contribution is 2.52. The number of imide groups is 1. The van der Waals surface area contributed by atoms with Crippen LogP contribution in [0.25, 0.3) is 0 Å². The van der Waals surface area contributed by atoms with E-state index in [1.54, 1.807) is 23.6 Å². The predicted molar refractivity (Wildman–Crippen MR) is 147 cm³/mol. The lowest BCUT2D eigenvalue weighted by atomic mass is 9.76. The van der Waals surface area contributed by atoms with Crippen LogP contribution in [0.3, 0.4) is 0 Å². The first-order chi connectivity index (χ1) is 18.3. The molecule has 2 heterocycles. The van der Waals surface area contributed by atoms with Crippen molar-refractivity contribution in [1.29, 1.82) is 0 Å². The van der Waals surface area contributed by atoms with Crippen LogP contribution in [0.15, 0.2) is 91.0 Å². The normalized spacial score (nSPS) is 21.8. The number of nitrogens with one attached hydrogen (secondary N) is 2. The Labute approximate surface area is 226 Å². The molecular formula is C30H31N3O4S. The summed E-state index contributed by atoms with van der Waals surface area (Å²) in [5, 5.41) is 5.77. The Balaban J connectivity index is 1.54. The van der Waals surface area contributed by atoms with Crippen molar-refractivity contribution in [2.75, 3.05) is 6.61 Å². The van der Waals surface area contributed by atoms with Gasteiger partial charge >= 0.3 is 6.09 Å². The van der Waals surface area contributed by atoms with E-state index in [2.05, 4.69) is 47.0 Å². The molecule has 3 aromatic carbocycles. The van der Waals surface area contributed by atoms with Gasteiger partial charge in [-0.05, 0) is 37.5 Å². The first-order valence-electron chi connectivity index (χ1n) is 12.7. The first kappa shape index (κ1) is 26.0. The van der Waals surface area contributed by atoms with Crippen LogP contribution in [-0.4, -0.2) is 51.6 Å². The third-order valence-electron chi connectivity index (χ3n) is 7.18. The molecule has 2 aliphatic rings. The maximum Gasteiger partial charge on any atom is 0.413 e. The van der Waals surface area contributed by atoms with Crippen LogP contribution < -0.4 is 10.6 Å². The molecule has 7 nitrogen and oxygen atoms in total. The topological polar surface area (TPSA) is 87.7 Å². The fraction of sp³-hybridized carbons (Fsp3) is 0.300. The van der Waals surface area contributed by atoms with Crippen LogP contribution in [0.5, 0.6) is 0 Å². The molecule has 0 bridgehead atoms. The summed E-state index contributed by atoms with van der Waals surface area (Å²) >= 11 is 1.56. The highest BCUT2D eigenvalue weighted by atomic mass is 32.2. The van der Waals surface area contributed by atoms with Gasteiger partial charge in [0.05, 0.1) is 12.1 Å². The molecule has 0 radical (unpaired) electrons. The first-order valence-corrected chi connectivity index (χ1v) is 13.6. The molecule has 3 amide bonds. The quantitative estimate of drug-likeness (QED) is 0.351. The Hall–Kier alpha value is -3.62. The van der Waals surface area contributed by atoms with Crippen LogP contribution in [0.4, 0.5) is 4.79 Å². The molecule has 3 aromatic rings. The number of amides is 3. The largest absolute Gasteiger partial charge is 0.450 e. The molecule has 0 aliphatic carbocycles. The lowest BCUT2D eigenvalue weighted by Gasteiger charge is -2.49. The lowest BCUT2D eigenvalue weighted by molar-refractivity contribution is -0.154. The van der Waals surface area contributed by atoms with Crippen molar-refractivity contribution in [2.45, 2.75) is 48.5 Å². The van der Waals surface area contributed by atoms with Gasteiger partial charge in [-0.2, -0.15) is 0 Å². The maximum atomic E-state index is 13.8. The van der Waals surface area contributed by atoms with Gasteiger partial charge in [0.1, 0.15) is 17.5 Å². The fourth-order valence-electron chi connectivity index (χ4n) is 5.55. The maximum absolute atomic E-state index is 13.8. The van der Waals surface area contributed by atoms with Gasteiger partial charge < -0.3 is 9.64 Å². The summed E-state index contributed by atoms with van der Waals surface area (Å²) in [6, 6.07) is 28.9. The van der Waals surface area contributed by atoms with E-state index in [0.29, 0.717) is 0 Å². The van der Waals surface area contributed by atoms with E-state index in [1.807, 2.05) is 68.4 Å². The summed E-state index contributed by atoms with van der Waals surface area (Å²) in [4.78, 5) is 40.4. The Kier molecular flexibility index (Phi) is 7.03. The average molecular weight is 530 g/mol. The molecule has 0 spiro atoms. The van der Waals surface area contributed by atoms with Gasteiger partial charge in [-0.3, -0.25) is 20.2 Å². The zero-order valence-corrected chi connectivity index (χ0v) is 22.4. The Morgan fingerprint density at radius 1 is 0.895 bits per heavy atom. The van der Waals surface area contributed by atoms with E-state index in [1.165, 1.54) is 0 Å². The van der Waals surface area contributed by atoms with Gasteiger partial charge in [0.2, 0.25) is 5.91 Å². The summed E-state index contributed by atoms with van der Waals surface area (Å²) in [6.07, 6.45) is -0.805. The molecule has 3 atom stereocenters. The van der Waals surface area contributed by atoms with Gasteiger partial charge in [0.15, 0.2) is 0 Å². The minimum Gasteiger partial charge on any atom is -0.450 e. The number of carbonyl (C=O) groups is 3. The van der Waals surface area contributed by atoms with Gasteiger partial charge in [-0.25, -0.2) is 4.79 Å². The van der Waals surface area contributed by atoms with Crippen molar-refractivity contribution in [3.8, 4) is 0 Å². The van der Waals surface area contributed by atoms with E-state index in [4.69, 9.17) is 4.74 Å². The van der Waals surface area contributed by atoms with E-state index < -0.39 is 34.4 Å². The second-order valence-corrected chi connectivity index (χ2v) is 11.7. The molecule has 0 saturated carbocycles. The lowest BCUT2D eigenvalue weighted by Crippen LogP contribution is -2.73. The van der Waals surface area contributed by atoms with E-state index in [0.717, 1.165) is 16.7 Å². The van der Waals surface area contributed by atoms with Crippen LogP contribution in [0, 0.1) is 0 Å². The van der Waals surface area contributed by atoms with E-state index >= 15 is 0 Å². The fourth-order valence-corrected chi connectivity index (χ4v) is 7.19. The molecule has 2 saturated heterocycles. The van der Waals surface area contributed by atoms with Crippen molar-refractivity contribution < 1.29 is 19.1 Å². The van der Waals surface area contributed by atoms with Gasteiger partial charge in [0, 0.05) is 4.75 Å². The molecule has 2 fully saturated rings. The number of hydrogen-bond donors (Lipinski definition) is 2. The molecule has 38 heavy (non-hydrogen) atoms. The standard InChI is InChI=1S/C30H31N3O4S/c1-4-37-28(36)31-25(34)24-29(2,3)38-27-23(26(35)33(24)27)32-30(20-14-8-5-9-15-20,21-16-10-6-11-17-21)22-18-12-7-13-19-22/h5-19,23-24,27,32H,4H2,1-3H3,(H,31,34,36)/t23?,24?,27-/m1/s1. The molecule has 2 N–H and O–H groups in total. The minimum absolute atomic E-state index is 0.153. The molecule has 5 rings (SSSR count). The number of benzene rings is 3. The summed E-state index contributed by atoms with van der Waals surface area (Å²) in [6.45, 7) is 5.67. The van der Waals surface area contributed by atoms with Gasteiger partial charge in [0.25, 0.3) is 5.91 Å². The second-order valence-electron chi connectivity index (χ2n) is 9.94. The minimum atomic E-state index is -0.813. The summed E-state index contributed by atoms with van der Waals surface area (Å²) in [7, 11) is 0. The van der Waals surface area contributed by atoms with Crippen molar-refractivity contribution in [1.82, 2.24) is 15.5 Å². The molecular weight excluding hydrogens is 498 g/mol. The van der Waals surface area contributed by atoms with Crippen molar-refractivity contribution in [2.24, 2.45) is 0 Å². The van der Waals surface area contributed by atoms with E-state index in [9.17, 15) is 14.4 Å². The number of hydrogen-bond acceptors (Lipinski definition) is 6. The summed E-state index contributed by atoms with van der Waals surface area (Å²) in [5.74, 6) is -0.708. The number of nitrogens with zero attached hydrogens (tertiary/aromatic N) is 1. The molecule has 8 heteroatoms. The van der Waals surface area contributed by atoms with Crippen LogP contribution in [0.1, 0.15) is 37.5 Å². The van der Waals surface area contributed by atoms with Crippen molar-refractivity contribution in [3.05, 3.63) is 108 Å². The third kappa shape index (κ3) is 4.37. The number of thioether (sulfide) groups is 1. The smallest absolute Gasteiger partial charge is 0.413 e. The number of ether oxygens (including phenoxy) is 1.